The van der Waals surface area contributed by atoms with Crippen LogP contribution in [0.1, 0.15) is 17.7 Å². The van der Waals surface area contributed by atoms with E-state index in [1.807, 2.05) is 0 Å². The van der Waals surface area contributed by atoms with Gasteiger partial charge in [0.2, 0.25) is 5.91 Å². The number of carbonyl (C=O) groups is 3. The van der Waals surface area contributed by atoms with Crippen LogP contribution in [0, 0.1) is 6.92 Å². The summed E-state index contributed by atoms with van der Waals surface area (Å²) in [5.41, 5.74) is 1.35. The molecule has 1 aromatic heterocycles. The van der Waals surface area contributed by atoms with E-state index in [-0.39, 0.29) is 41.7 Å². The van der Waals surface area contributed by atoms with Crippen LogP contribution >= 0.6 is 46.3 Å². The predicted molar refractivity (Wildman–Crippen MR) is 120 cm³/mol. The molecule has 3 rings (SSSR count). The van der Waals surface area contributed by atoms with Crippen LogP contribution in [0.3, 0.4) is 0 Å². The van der Waals surface area contributed by atoms with Crippen molar-refractivity contribution in [1.82, 2.24) is 14.8 Å². The Morgan fingerprint density at radius 3 is 2.67 bits per heavy atom. The van der Waals surface area contributed by atoms with E-state index in [9.17, 15) is 19.2 Å². The van der Waals surface area contributed by atoms with E-state index in [4.69, 9.17) is 23.2 Å². The maximum atomic E-state index is 12.5. The Hall–Kier alpha value is -2.07. The molecule has 30 heavy (non-hydrogen) atoms. The zero-order valence-corrected chi connectivity index (χ0v) is 19.0. The van der Waals surface area contributed by atoms with Crippen LogP contribution in [0.25, 0.3) is 6.08 Å². The van der Waals surface area contributed by atoms with Crippen LogP contribution in [0.4, 0.5) is 4.79 Å². The quantitative estimate of drug-likeness (QED) is 0.602. The van der Waals surface area contributed by atoms with E-state index in [1.165, 1.54) is 10.6 Å². The van der Waals surface area contributed by atoms with Crippen LogP contribution < -0.4 is 10.2 Å². The Morgan fingerprint density at radius 2 is 1.97 bits per heavy atom. The molecule has 0 atom stereocenters. The van der Waals surface area contributed by atoms with E-state index in [1.54, 1.807) is 30.5 Å². The fourth-order valence-electron chi connectivity index (χ4n) is 2.75. The molecule has 11 heteroatoms. The van der Waals surface area contributed by atoms with Gasteiger partial charge in [-0.3, -0.25) is 24.1 Å². The van der Waals surface area contributed by atoms with Gasteiger partial charge in [-0.25, -0.2) is 0 Å². The first-order chi connectivity index (χ1) is 14.3. The molecule has 1 saturated heterocycles. The van der Waals surface area contributed by atoms with E-state index >= 15 is 0 Å². The monoisotopic (exact) mass is 485 g/mol. The van der Waals surface area contributed by atoms with Crippen molar-refractivity contribution in [1.29, 1.82) is 0 Å². The van der Waals surface area contributed by atoms with Gasteiger partial charge in [-0.2, -0.15) is 0 Å². The number of amides is 3. The highest BCUT2D eigenvalue weighted by Gasteiger charge is 2.34. The molecule has 0 saturated carbocycles. The number of nitrogens with zero attached hydrogens (tertiary/aromatic N) is 2. The lowest BCUT2D eigenvalue weighted by Gasteiger charge is -2.13. The third kappa shape index (κ3) is 5.15. The second-order valence-electron chi connectivity index (χ2n) is 6.37. The molecule has 0 aliphatic carbocycles. The Labute approximate surface area is 190 Å². The van der Waals surface area contributed by atoms with Crippen molar-refractivity contribution in [2.75, 3.05) is 13.1 Å². The molecule has 3 amide bonds. The average Bonchev–Trinajstić information content (AvgIpc) is 3.16. The molecule has 1 aliphatic heterocycles. The van der Waals surface area contributed by atoms with Gasteiger partial charge in [0.25, 0.3) is 11.1 Å². The SMILES string of the molecule is Cc1csc(=O)n1CCC(=O)NCCN1C(=O)S/C(=C\c2cccc(Cl)c2Cl)C1=O. The molecule has 0 spiro atoms. The molecule has 2 heterocycles. The number of benzene rings is 1. The van der Waals surface area contributed by atoms with Gasteiger partial charge in [0.05, 0.1) is 15.0 Å². The van der Waals surface area contributed by atoms with Gasteiger partial charge in [0.1, 0.15) is 0 Å². The number of thiazole rings is 1. The highest BCUT2D eigenvalue weighted by molar-refractivity contribution is 8.18. The predicted octanol–water partition coefficient (Wildman–Crippen LogP) is 3.77. The minimum absolute atomic E-state index is 0.0501. The molecule has 0 unspecified atom stereocenters. The number of aryl methyl sites for hydroxylation is 1. The molecule has 2 aromatic rings. The van der Waals surface area contributed by atoms with Crippen molar-refractivity contribution in [2.24, 2.45) is 0 Å². The number of halogens is 2. The molecular weight excluding hydrogens is 469 g/mol. The summed E-state index contributed by atoms with van der Waals surface area (Å²) in [5, 5.41) is 4.65. The number of nitrogens with one attached hydrogen (secondary N) is 1. The van der Waals surface area contributed by atoms with Crippen LogP contribution in [0.2, 0.25) is 10.0 Å². The first kappa shape index (κ1) is 22.6. The fourth-order valence-corrected chi connectivity index (χ4v) is 4.73. The molecule has 0 bridgehead atoms. The van der Waals surface area contributed by atoms with Gasteiger partial charge < -0.3 is 9.88 Å². The lowest BCUT2D eigenvalue weighted by Crippen LogP contribution is -2.37. The van der Waals surface area contributed by atoms with Gasteiger partial charge in [-0.1, -0.05) is 46.7 Å². The largest absolute Gasteiger partial charge is 0.354 e. The summed E-state index contributed by atoms with van der Waals surface area (Å²) in [4.78, 5) is 49.6. The lowest BCUT2D eigenvalue weighted by molar-refractivity contribution is -0.124. The molecule has 0 radical (unpaired) electrons. The van der Waals surface area contributed by atoms with Crippen LogP contribution in [-0.4, -0.2) is 39.6 Å². The number of hydrogen-bond donors (Lipinski definition) is 1. The van der Waals surface area contributed by atoms with Crippen molar-refractivity contribution in [3.63, 3.8) is 0 Å². The lowest BCUT2D eigenvalue weighted by atomic mass is 10.2. The second kappa shape index (κ2) is 9.82. The highest BCUT2D eigenvalue weighted by atomic mass is 35.5. The van der Waals surface area contributed by atoms with Crippen molar-refractivity contribution in [3.05, 3.63) is 59.5 Å². The maximum absolute atomic E-state index is 12.5. The third-order valence-electron chi connectivity index (χ3n) is 4.34. The molecule has 1 aromatic carbocycles. The van der Waals surface area contributed by atoms with Gasteiger partial charge in [-0.15, -0.1) is 0 Å². The third-order valence-corrected chi connectivity index (χ3v) is 6.96. The molecule has 1 fully saturated rings. The number of thioether (sulfide) groups is 1. The fraction of sp³-hybridized carbons (Fsp3) is 0.263. The minimum atomic E-state index is -0.448. The zero-order chi connectivity index (χ0) is 21.8. The summed E-state index contributed by atoms with van der Waals surface area (Å²) < 4.78 is 1.53. The first-order valence-electron chi connectivity index (χ1n) is 8.89. The summed E-state index contributed by atoms with van der Waals surface area (Å²) in [7, 11) is 0. The van der Waals surface area contributed by atoms with Crippen LogP contribution in [0.15, 0.2) is 33.3 Å². The Morgan fingerprint density at radius 1 is 1.20 bits per heavy atom. The zero-order valence-electron chi connectivity index (χ0n) is 15.8. The Balaban J connectivity index is 1.53. The summed E-state index contributed by atoms with van der Waals surface area (Å²) in [6, 6.07) is 5.03. The average molecular weight is 486 g/mol. The standard InChI is InChI=1S/C19H17Cl2N3O4S2/c1-11-10-29-18(27)23(11)7-5-15(25)22-6-8-24-17(26)14(30-19(24)28)9-12-3-2-4-13(20)16(12)21/h2-4,9-10H,5-8H2,1H3,(H,22,25)/b14-9-. The first-order valence-corrected chi connectivity index (χ1v) is 11.3. The van der Waals surface area contributed by atoms with Crippen molar-refractivity contribution < 1.29 is 14.4 Å². The van der Waals surface area contributed by atoms with E-state index < -0.39 is 11.1 Å². The number of aromatic nitrogens is 1. The highest BCUT2D eigenvalue weighted by Crippen LogP contribution is 2.34. The molecule has 7 nitrogen and oxygen atoms in total. The van der Waals surface area contributed by atoms with Gasteiger partial charge in [0.15, 0.2) is 0 Å². The minimum Gasteiger partial charge on any atom is -0.354 e. The Kier molecular flexibility index (Phi) is 7.41. The number of hydrogen-bond acceptors (Lipinski definition) is 6. The molecule has 1 N–H and O–H groups in total. The maximum Gasteiger partial charge on any atom is 0.307 e. The summed E-state index contributed by atoms with van der Waals surface area (Å²) in [5.74, 6) is -0.712. The van der Waals surface area contributed by atoms with Crippen molar-refractivity contribution in [2.45, 2.75) is 19.9 Å². The number of imide groups is 1. The topological polar surface area (TPSA) is 88.5 Å². The summed E-state index contributed by atoms with van der Waals surface area (Å²) in [6.45, 7) is 2.26. The van der Waals surface area contributed by atoms with Crippen LogP contribution in [-0.2, 0) is 16.1 Å². The molecular formula is C19H17Cl2N3O4S2. The van der Waals surface area contributed by atoms with Crippen molar-refractivity contribution >= 4 is 69.4 Å². The van der Waals surface area contributed by atoms with Gasteiger partial charge in [0, 0.05) is 37.1 Å². The molecule has 158 valence electrons. The smallest absolute Gasteiger partial charge is 0.307 e. The van der Waals surface area contributed by atoms with E-state index in [0.717, 1.165) is 33.7 Å². The number of carbonyl (C=O) groups excluding carboxylic acids is 3. The molecule has 1 aliphatic rings. The Bertz CT molecular complexity index is 1090. The summed E-state index contributed by atoms with van der Waals surface area (Å²) in [6.07, 6.45) is 1.66. The summed E-state index contributed by atoms with van der Waals surface area (Å²) >= 11 is 14.0. The van der Waals surface area contributed by atoms with Crippen LogP contribution in [0.5, 0.6) is 0 Å². The second-order valence-corrected chi connectivity index (χ2v) is 8.97. The number of rotatable bonds is 7. The van der Waals surface area contributed by atoms with E-state index in [0.29, 0.717) is 15.6 Å². The van der Waals surface area contributed by atoms with E-state index in [2.05, 4.69) is 5.32 Å². The van der Waals surface area contributed by atoms with Gasteiger partial charge in [-0.05, 0) is 36.4 Å². The normalized spacial score (nSPS) is 15.3. The van der Waals surface area contributed by atoms with Crippen molar-refractivity contribution in [3.8, 4) is 0 Å². The van der Waals surface area contributed by atoms with Gasteiger partial charge >= 0.3 is 4.87 Å².